The molecule has 2 rings (SSSR count). The van der Waals surface area contributed by atoms with Crippen molar-refractivity contribution in [3.63, 3.8) is 0 Å². The summed E-state index contributed by atoms with van der Waals surface area (Å²) in [5, 5.41) is 0. The molecule has 8 heteroatoms. The van der Waals surface area contributed by atoms with Crippen molar-refractivity contribution in [2.45, 2.75) is 18.2 Å². The summed E-state index contributed by atoms with van der Waals surface area (Å²) in [6.07, 6.45) is 0.486. The summed E-state index contributed by atoms with van der Waals surface area (Å²) < 4.78 is 45.9. The molecule has 0 aromatic heterocycles. The van der Waals surface area contributed by atoms with Crippen LogP contribution in [0.2, 0.25) is 0 Å². The quantitative estimate of drug-likeness (QED) is 0.659. The summed E-state index contributed by atoms with van der Waals surface area (Å²) in [6.45, 7) is 2.11. The van der Waals surface area contributed by atoms with Gasteiger partial charge in [0.25, 0.3) is 0 Å². The van der Waals surface area contributed by atoms with Crippen LogP contribution in [-0.2, 0) is 21.2 Å². The number of rotatable bonds is 9. The van der Waals surface area contributed by atoms with Crippen molar-refractivity contribution in [1.29, 1.82) is 0 Å². The zero-order chi connectivity index (χ0) is 19.9. The molecular formula is C19H23FN2O4S. The standard InChI is InChI=1S/C19H23FN2O4S/c1-2-26-19(23)16-12-17(20)14-18(13-16)27(24,25)22(11-9-21)10-8-15-6-4-3-5-7-15/h3-7,12-14H,2,8-11,21H2,1H3. The Hall–Kier alpha value is -2.29. The van der Waals surface area contributed by atoms with E-state index in [2.05, 4.69) is 0 Å². The first kappa shape index (κ1) is 21.0. The van der Waals surface area contributed by atoms with E-state index in [1.165, 1.54) is 4.31 Å². The van der Waals surface area contributed by atoms with Crippen molar-refractivity contribution in [3.8, 4) is 0 Å². The topological polar surface area (TPSA) is 89.7 Å². The molecule has 0 amide bonds. The SMILES string of the molecule is CCOC(=O)c1cc(F)cc(S(=O)(=O)N(CCN)CCc2ccccc2)c1. The molecule has 0 spiro atoms. The van der Waals surface area contributed by atoms with E-state index < -0.39 is 21.8 Å². The zero-order valence-electron chi connectivity index (χ0n) is 15.1. The van der Waals surface area contributed by atoms with Crippen molar-refractivity contribution in [2.75, 3.05) is 26.2 Å². The molecular weight excluding hydrogens is 371 g/mol. The predicted octanol–water partition coefficient (Wildman–Crippen LogP) is 2.19. The van der Waals surface area contributed by atoms with E-state index in [-0.39, 0.29) is 36.7 Å². The van der Waals surface area contributed by atoms with Gasteiger partial charge in [-0.3, -0.25) is 0 Å². The van der Waals surface area contributed by atoms with Gasteiger partial charge in [-0.05, 0) is 37.1 Å². The van der Waals surface area contributed by atoms with E-state index in [1.807, 2.05) is 30.3 Å². The molecule has 0 aliphatic carbocycles. The minimum Gasteiger partial charge on any atom is -0.462 e. The first-order valence-electron chi connectivity index (χ1n) is 8.60. The molecule has 0 atom stereocenters. The van der Waals surface area contributed by atoms with E-state index >= 15 is 0 Å². The van der Waals surface area contributed by atoms with Crippen LogP contribution in [0, 0.1) is 5.82 Å². The average Bonchev–Trinajstić information content (AvgIpc) is 2.65. The van der Waals surface area contributed by atoms with Gasteiger partial charge in [-0.25, -0.2) is 17.6 Å². The Kier molecular flexibility index (Phi) is 7.46. The minimum atomic E-state index is -4.02. The maximum atomic E-state index is 13.9. The molecule has 2 N–H and O–H groups in total. The third-order valence-electron chi connectivity index (χ3n) is 3.89. The molecule has 0 unspecified atom stereocenters. The Bertz CT molecular complexity index is 873. The Morgan fingerprint density at radius 2 is 1.85 bits per heavy atom. The number of ether oxygens (including phenoxy) is 1. The fourth-order valence-electron chi connectivity index (χ4n) is 2.59. The molecule has 0 heterocycles. The van der Waals surface area contributed by atoms with Crippen molar-refractivity contribution >= 4 is 16.0 Å². The molecule has 27 heavy (non-hydrogen) atoms. The van der Waals surface area contributed by atoms with Crippen LogP contribution in [0.4, 0.5) is 4.39 Å². The van der Waals surface area contributed by atoms with E-state index in [1.54, 1.807) is 6.92 Å². The van der Waals surface area contributed by atoms with Crippen LogP contribution >= 0.6 is 0 Å². The molecule has 0 radical (unpaired) electrons. The summed E-state index contributed by atoms with van der Waals surface area (Å²) >= 11 is 0. The van der Waals surface area contributed by atoms with Crippen LogP contribution in [0.15, 0.2) is 53.4 Å². The van der Waals surface area contributed by atoms with Crippen molar-refractivity contribution in [3.05, 3.63) is 65.5 Å². The molecule has 0 bridgehead atoms. The highest BCUT2D eigenvalue weighted by Gasteiger charge is 2.26. The summed E-state index contributed by atoms with van der Waals surface area (Å²) in [7, 11) is -4.02. The van der Waals surface area contributed by atoms with Crippen LogP contribution in [-0.4, -0.2) is 44.9 Å². The highest BCUT2D eigenvalue weighted by atomic mass is 32.2. The van der Waals surface area contributed by atoms with Crippen LogP contribution < -0.4 is 5.73 Å². The van der Waals surface area contributed by atoms with E-state index in [0.29, 0.717) is 6.42 Å². The van der Waals surface area contributed by atoms with Gasteiger partial charge in [0.15, 0.2) is 0 Å². The molecule has 0 saturated heterocycles. The Morgan fingerprint density at radius 1 is 1.15 bits per heavy atom. The summed E-state index contributed by atoms with van der Waals surface area (Å²) in [4.78, 5) is 11.6. The smallest absolute Gasteiger partial charge is 0.338 e. The third-order valence-corrected chi connectivity index (χ3v) is 5.77. The maximum absolute atomic E-state index is 13.9. The number of hydrogen-bond acceptors (Lipinski definition) is 5. The molecule has 0 aliphatic rings. The zero-order valence-corrected chi connectivity index (χ0v) is 15.9. The highest BCUT2D eigenvalue weighted by Crippen LogP contribution is 2.20. The molecule has 2 aromatic carbocycles. The van der Waals surface area contributed by atoms with Gasteiger partial charge >= 0.3 is 5.97 Å². The number of nitrogens with zero attached hydrogens (tertiary/aromatic N) is 1. The lowest BCUT2D eigenvalue weighted by Gasteiger charge is -2.22. The molecule has 0 aliphatic heterocycles. The largest absolute Gasteiger partial charge is 0.462 e. The monoisotopic (exact) mass is 394 g/mol. The fraction of sp³-hybridized carbons (Fsp3) is 0.316. The van der Waals surface area contributed by atoms with Gasteiger partial charge in [-0.1, -0.05) is 30.3 Å². The van der Waals surface area contributed by atoms with Gasteiger partial charge in [-0.2, -0.15) is 4.31 Å². The number of halogens is 1. The summed E-state index contributed by atoms with van der Waals surface area (Å²) in [5.74, 6) is -1.60. The number of sulfonamides is 1. The molecule has 0 saturated carbocycles. The molecule has 146 valence electrons. The number of carbonyl (C=O) groups excluding carboxylic acids is 1. The summed E-state index contributed by atoms with van der Waals surface area (Å²) in [5.41, 5.74) is 6.39. The Labute approximate surface area is 158 Å². The van der Waals surface area contributed by atoms with E-state index in [9.17, 15) is 17.6 Å². The van der Waals surface area contributed by atoms with Crippen LogP contribution in [0.25, 0.3) is 0 Å². The Morgan fingerprint density at radius 3 is 2.48 bits per heavy atom. The minimum absolute atomic E-state index is 0.0838. The van der Waals surface area contributed by atoms with Crippen molar-refractivity contribution < 1.29 is 22.3 Å². The van der Waals surface area contributed by atoms with Crippen molar-refractivity contribution in [1.82, 2.24) is 4.31 Å². The van der Waals surface area contributed by atoms with Crippen molar-refractivity contribution in [2.24, 2.45) is 5.73 Å². The predicted molar refractivity (Wildman–Crippen MR) is 100 cm³/mol. The lowest BCUT2D eigenvalue weighted by Crippen LogP contribution is -2.37. The Balaban J connectivity index is 2.30. The van der Waals surface area contributed by atoms with Crippen LogP contribution in [0.3, 0.4) is 0 Å². The number of nitrogens with two attached hydrogens (primary N) is 1. The first-order chi connectivity index (χ1) is 12.9. The van der Waals surface area contributed by atoms with Gasteiger partial charge in [0.2, 0.25) is 10.0 Å². The second kappa shape index (κ2) is 9.59. The van der Waals surface area contributed by atoms with E-state index in [4.69, 9.17) is 10.5 Å². The maximum Gasteiger partial charge on any atom is 0.338 e. The lowest BCUT2D eigenvalue weighted by molar-refractivity contribution is 0.0525. The number of hydrogen-bond donors (Lipinski definition) is 1. The lowest BCUT2D eigenvalue weighted by atomic mass is 10.1. The second-order valence-electron chi connectivity index (χ2n) is 5.82. The van der Waals surface area contributed by atoms with Gasteiger partial charge in [0.1, 0.15) is 5.82 Å². The number of benzene rings is 2. The summed E-state index contributed by atoms with van der Waals surface area (Å²) in [6, 6.07) is 12.4. The van der Waals surface area contributed by atoms with Crippen LogP contribution in [0.1, 0.15) is 22.8 Å². The van der Waals surface area contributed by atoms with Crippen LogP contribution in [0.5, 0.6) is 0 Å². The normalized spacial score (nSPS) is 11.6. The van der Waals surface area contributed by atoms with Gasteiger partial charge in [0.05, 0.1) is 17.1 Å². The third kappa shape index (κ3) is 5.59. The fourth-order valence-corrected chi connectivity index (χ4v) is 4.10. The number of esters is 1. The first-order valence-corrected chi connectivity index (χ1v) is 10.0. The molecule has 2 aromatic rings. The number of carbonyl (C=O) groups is 1. The van der Waals surface area contributed by atoms with E-state index in [0.717, 1.165) is 23.8 Å². The highest BCUT2D eigenvalue weighted by molar-refractivity contribution is 7.89. The van der Waals surface area contributed by atoms with Gasteiger partial charge in [-0.15, -0.1) is 0 Å². The van der Waals surface area contributed by atoms with Gasteiger partial charge < -0.3 is 10.5 Å². The second-order valence-corrected chi connectivity index (χ2v) is 7.76. The average molecular weight is 394 g/mol. The molecule has 0 fully saturated rings. The molecule has 6 nitrogen and oxygen atoms in total. The van der Waals surface area contributed by atoms with Gasteiger partial charge in [0, 0.05) is 19.6 Å².